The molecule has 0 unspecified atom stereocenters. The van der Waals surface area contributed by atoms with Crippen molar-refractivity contribution in [3.05, 3.63) is 71.9 Å². The number of ether oxygens (including phenoxy) is 1. The molecular formula is C25H28NO+. The lowest BCUT2D eigenvalue weighted by atomic mass is 9.73. The van der Waals surface area contributed by atoms with E-state index in [1.165, 1.54) is 33.5 Å². The van der Waals surface area contributed by atoms with Crippen LogP contribution in [0.2, 0.25) is 0 Å². The van der Waals surface area contributed by atoms with Crippen molar-refractivity contribution in [2.45, 2.75) is 45.6 Å². The second kappa shape index (κ2) is 5.95. The summed E-state index contributed by atoms with van der Waals surface area (Å²) in [5.41, 5.74) is 7.13. The highest BCUT2D eigenvalue weighted by Gasteiger charge is 2.48. The third-order valence-electron chi connectivity index (χ3n) is 6.43. The highest BCUT2D eigenvalue weighted by atomic mass is 16.5. The number of para-hydroxylation sites is 1. The van der Waals surface area contributed by atoms with Gasteiger partial charge in [0.25, 0.3) is 0 Å². The zero-order chi connectivity index (χ0) is 19.4. The summed E-state index contributed by atoms with van der Waals surface area (Å²) < 4.78 is 8.67. The summed E-state index contributed by atoms with van der Waals surface area (Å²) in [5.74, 6) is 1.03. The SMILES string of the molecule is Cc1ccccc1-c1cc(-c2cccc3c2OC(C)(C)C3(C)C)cc[n+]1C. The minimum Gasteiger partial charge on any atom is -0.486 e. The Kier molecular flexibility index (Phi) is 3.92. The van der Waals surface area contributed by atoms with Crippen molar-refractivity contribution < 1.29 is 9.30 Å². The summed E-state index contributed by atoms with van der Waals surface area (Å²) >= 11 is 0. The highest BCUT2D eigenvalue weighted by molar-refractivity contribution is 5.77. The molecule has 0 aliphatic carbocycles. The molecule has 0 saturated carbocycles. The number of hydrogen-bond acceptors (Lipinski definition) is 1. The minimum absolute atomic E-state index is 0.0311. The predicted molar refractivity (Wildman–Crippen MR) is 111 cm³/mol. The summed E-state index contributed by atoms with van der Waals surface area (Å²) in [6, 6.07) is 19.5. The number of aryl methyl sites for hydroxylation is 2. The molecule has 4 rings (SSSR count). The van der Waals surface area contributed by atoms with E-state index < -0.39 is 0 Å². The van der Waals surface area contributed by atoms with Gasteiger partial charge in [-0.15, -0.1) is 0 Å². The quantitative estimate of drug-likeness (QED) is 0.543. The van der Waals surface area contributed by atoms with E-state index in [0.717, 1.165) is 5.75 Å². The van der Waals surface area contributed by atoms with E-state index >= 15 is 0 Å². The van der Waals surface area contributed by atoms with Gasteiger partial charge in [0, 0.05) is 34.2 Å². The summed E-state index contributed by atoms with van der Waals surface area (Å²) in [6.07, 6.45) is 2.14. The maximum Gasteiger partial charge on any atom is 0.213 e. The first-order valence-corrected chi connectivity index (χ1v) is 9.61. The number of rotatable bonds is 2. The normalized spacial score (nSPS) is 16.7. The summed E-state index contributed by atoms with van der Waals surface area (Å²) in [4.78, 5) is 0. The monoisotopic (exact) mass is 358 g/mol. The van der Waals surface area contributed by atoms with E-state index in [9.17, 15) is 0 Å². The lowest BCUT2D eigenvalue weighted by Gasteiger charge is -2.33. The zero-order valence-electron chi connectivity index (χ0n) is 17.1. The van der Waals surface area contributed by atoms with E-state index in [4.69, 9.17) is 4.74 Å². The van der Waals surface area contributed by atoms with Crippen molar-refractivity contribution in [2.75, 3.05) is 0 Å². The molecule has 0 radical (unpaired) electrons. The molecule has 2 aromatic carbocycles. The average Bonchev–Trinajstić information content (AvgIpc) is 2.81. The number of nitrogens with zero attached hydrogens (tertiary/aromatic N) is 1. The summed E-state index contributed by atoms with van der Waals surface area (Å²) in [5, 5.41) is 0. The van der Waals surface area contributed by atoms with Crippen molar-refractivity contribution >= 4 is 0 Å². The first-order chi connectivity index (χ1) is 12.7. The molecule has 3 aromatic rings. The fourth-order valence-corrected chi connectivity index (χ4v) is 3.94. The van der Waals surface area contributed by atoms with Gasteiger partial charge >= 0.3 is 0 Å². The zero-order valence-corrected chi connectivity index (χ0v) is 17.1. The Morgan fingerprint density at radius 1 is 0.852 bits per heavy atom. The molecule has 0 spiro atoms. The van der Waals surface area contributed by atoms with Crippen LogP contribution in [0.15, 0.2) is 60.8 Å². The molecule has 0 bridgehead atoms. The van der Waals surface area contributed by atoms with Crippen LogP contribution in [0.5, 0.6) is 5.75 Å². The molecule has 0 atom stereocenters. The Labute approximate surface area is 162 Å². The Bertz CT molecular complexity index is 1030. The van der Waals surface area contributed by atoms with Crippen LogP contribution in [0.4, 0.5) is 0 Å². The molecule has 1 aliphatic rings. The second-order valence-corrected chi connectivity index (χ2v) is 8.65. The Hall–Kier alpha value is -2.61. The van der Waals surface area contributed by atoms with E-state index in [2.05, 4.69) is 107 Å². The molecule has 1 aliphatic heterocycles. The molecule has 0 N–H and O–H groups in total. The van der Waals surface area contributed by atoms with E-state index in [1.54, 1.807) is 0 Å². The average molecular weight is 359 g/mol. The lowest BCUT2D eigenvalue weighted by Crippen LogP contribution is -2.41. The smallest absolute Gasteiger partial charge is 0.213 e. The van der Waals surface area contributed by atoms with Gasteiger partial charge in [0.1, 0.15) is 18.4 Å². The molecule has 0 amide bonds. The third kappa shape index (κ3) is 2.66. The topological polar surface area (TPSA) is 13.1 Å². The number of pyridine rings is 1. The Morgan fingerprint density at radius 2 is 1.56 bits per heavy atom. The molecule has 2 heterocycles. The van der Waals surface area contributed by atoms with Crippen LogP contribution in [0.1, 0.15) is 38.8 Å². The first kappa shape index (κ1) is 17.8. The molecule has 1 aromatic heterocycles. The summed E-state index contributed by atoms with van der Waals surface area (Å²) in [6.45, 7) is 11.1. The predicted octanol–water partition coefficient (Wildman–Crippen LogP) is 5.60. The summed E-state index contributed by atoms with van der Waals surface area (Å²) in [7, 11) is 2.10. The number of fused-ring (bicyclic) bond motifs is 1. The van der Waals surface area contributed by atoms with Crippen LogP contribution < -0.4 is 9.30 Å². The molecular weight excluding hydrogens is 330 g/mol. The standard InChI is InChI=1S/C25H28NO/c1-17-10-7-8-11-19(17)22-16-18(14-15-26(22)6)20-12-9-13-21-23(20)27-25(4,5)24(21,2)3/h7-16H,1-6H3/q+1. The van der Waals surface area contributed by atoms with Gasteiger partial charge in [-0.2, -0.15) is 0 Å². The van der Waals surface area contributed by atoms with Gasteiger partial charge in [-0.05, 0) is 38.0 Å². The Balaban J connectivity index is 1.90. The van der Waals surface area contributed by atoms with Gasteiger partial charge in [0.05, 0.1) is 0 Å². The van der Waals surface area contributed by atoms with Crippen LogP contribution in [0.3, 0.4) is 0 Å². The lowest BCUT2D eigenvalue weighted by molar-refractivity contribution is -0.660. The minimum atomic E-state index is -0.232. The third-order valence-corrected chi connectivity index (χ3v) is 6.43. The molecule has 0 fully saturated rings. The van der Waals surface area contributed by atoms with Crippen LogP contribution in [-0.2, 0) is 12.5 Å². The number of benzene rings is 2. The van der Waals surface area contributed by atoms with E-state index in [-0.39, 0.29) is 11.0 Å². The van der Waals surface area contributed by atoms with Crippen LogP contribution >= 0.6 is 0 Å². The fourth-order valence-electron chi connectivity index (χ4n) is 3.94. The van der Waals surface area contributed by atoms with Crippen molar-refractivity contribution in [3.8, 4) is 28.1 Å². The second-order valence-electron chi connectivity index (χ2n) is 8.65. The van der Waals surface area contributed by atoms with Gasteiger partial charge in [0.15, 0.2) is 6.20 Å². The van der Waals surface area contributed by atoms with Gasteiger partial charge in [-0.1, -0.05) is 50.2 Å². The number of aromatic nitrogens is 1. The Morgan fingerprint density at radius 3 is 2.30 bits per heavy atom. The molecule has 138 valence electrons. The van der Waals surface area contributed by atoms with Crippen LogP contribution in [-0.4, -0.2) is 5.60 Å². The maximum atomic E-state index is 6.49. The molecule has 0 saturated heterocycles. The largest absolute Gasteiger partial charge is 0.486 e. The van der Waals surface area contributed by atoms with E-state index in [1.807, 2.05) is 0 Å². The molecule has 2 heteroatoms. The molecule has 2 nitrogen and oxygen atoms in total. The van der Waals surface area contributed by atoms with Crippen molar-refractivity contribution in [1.29, 1.82) is 0 Å². The van der Waals surface area contributed by atoms with Gasteiger partial charge in [0.2, 0.25) is 5.69 Å². The van der Waals surface area contributed by atoms with Crippen LogP contribution in [0.25, 0.3) is 22.4 Å². The number of hydrogen-bond donors (Lipinski definition) is 0. The first-order valence-electron chi connectivity index (χ1n) is 9.61. The van der Waals surface area contributed by atoms with Gasteiger partial charge in [-0.25, -0.2) is 4.57 Å². The van der Waals surface area contributed by atoms with Crippen molar-refractivity contribution in [2.24, 2.45) is 7.05 Å². The molecule has 27 heavy (non-hydrogen) atoms. The van der Waals surface area contributed by atoms with E-state index in [0.29, 0.717) is 0 Å². The van der Waals surface area contributed by atoms with Gasteiger partial charge in [-0.3, -0.25) is 0 Å². The maximum absolute atomic E-state index is 6.49. The fraction of sp³-hybridized carbons (Fsp3) is 0.320. The van der Waals surface area contributed by atoms with Crippen molar-refractivity contribution in [1.82, 2.24) is 0 Å². The van der Waals surface area contributed by atoms with Gasteiger partial charge < -0.3 is 4.74 Å². The highest BCUT2D eigenvalue weighted by Crippen LogP contribution is 2.52. The van der Waals surface area contributed by atoms with Crippen LogP contribution in [0, 0.1) is 6.92 Å². The van der Waals surface area contributed by atoms with Crippen molar-refractivity contribution in [3.63, 3.8) is 0 Å².